The summed E-state index contributed by atoms with van der Waals surface area (Å²) in [7, 11) is 1.38. The maximum absolute atomic E-state index is 13.0. The summed E-state index contributed by atoms with van der Waals surface area (Å²) in [6.07, 6.45) is 0.362. The molecule has 0 aliphatic carbocycles. The molecule has 1 saturated heterocycles. The van der Waals surface area contributed by atoms with Crippen LogP contribution in [0.15, 0.2) is 36.4 Å². The molecule has 2 aliphatic rings. The molecule has 4 rings (SSSR count). The SMILES string of the molecule is CCOc1nc(N2CCN(C(=O)OC)CC2)ccc1C(=O)CC[C@@H](O)[C@@H]1Cc2ccccc2CN1. The van der Waals surface area contributed by atoms with Crippen LogP contribution in [0.1, 0.15) is 41.3 Å². The van der Waals surface area contributed by atoms with Crippen molar-refractivity contribution < 1.29 is 24.2 Å². The van der Waals surface area contributed by atoms with Gasteiger partial charge in [-0.25, -0.2) is 4.79 Å². The van der Waals surface area contributed by atoms with Gasteiger partial charge in [0.15, 0.2) is 5.78 Å². The van der Waals surface area contributed by atoms with E-state index >= 15 is 0 Å². The van der Waals surface area contributed by atoms with Crippen LogP contribution in [-0.4, -0.2) is 78.9 Å². The molecular formula is C26H34N4O5. The van der Waals surface area contributed by atoms with E-state index in [4.69, 9.17) is 9.47 Å². The molecule has 3 heterocycles. The van der Waals surface area contributed by atoms with Crippen molar-refractivity contribution in [3.63, 3.8) is 0 Å². The Hall–Kier alpha value is -3.17. The highest BCUT2D eigenvalue weighted by Crippen LogP contribution is 2.25. The fraction of sp³-hybridized carbons (Fsp3) is 0.500. The van der Waals surface area contributed by atoms with Crippen LogP contribution in [0.3, 0.4) is 0 Å². The van der Waals surface area contributed by atoms with Gasteiger partial charge in [-0.1, -0.05) is 24.3 Å². The minimum Gasteiger partial charge on any atom is -0.477 e. The van der Waals surface area contributed by atoms with E-state index in [0.717, 1.165) is 13.0 Å². The lowest BCUT2D eigenvalue weighted by atomic mass is 9.91. The smallest absolute Gasteiger partial charge is 0.409 e. The molecule has 2 aliphatic heterocycles. The average molecular weight is 483 g/mol. The lowest BCUT2D eigenvalue weighted by molar-refractivity contribution is 0.0873. The first-order valence-corrected chi connectivity index (χ1v) is 12.2. The van der Waals surface area contributed by atoms with Gasteiger partial charge in [-0.2, -0.15) is 4.98 Å². The molecule has 1 aromatic heterocycles. The minimum absolute atomic E-state index is 0.0757. The number of methoxy groups -OCH3 is 1. The average Bonchev–Trinajstić information content (AvgIpc) is 2.91. The Kier molecular flexibility index (Phi) is 8.20. The van der Waals surface area contributed by atoms with Crippen molar-refractivity contribution in [3.8, 4) is 5.88 Å². The number of benzene rings is 1. The lowest BCUT2D eigenvalue weighted by Crippen LogP contribution is -2.49. The minimum atomic E-state index is -0.624. The molecular weight excluding hydrogens is 448 g/mol. The van der Waals surface area contributed by atoms with Crippen molar-refractivity contribution >= 4 is 17.7 Å². The molecule has 35 heavy (non-hydrogen) atoms. The van der Waals surface area contributed by atoms with Crippen LogP contribution in [-0.2, 0) is 17.7 Å². The van der Waals surface area contributed by atoms with Gasteiger partial charge in [0, 0.05) is 45.2 Å². The number of fused-ring (bicyclic) bond motifs is 1. The van der Waals surface area contributed by atoms with Crippen LogP contribution in [0.25, 0.3) is 0 Å². The van der Waals surface area contributed by atoms with Gasteiger partial charge in [0.25, 0.3) is 0 Å². The van der Waals surface area contributed by atoms with Crippen molar-refractivity contribution in [1.29, 1.82) is 0 Å². The van der Waals surface area contributed by atoms with E-state index in [1.807, 2.05) is 25.1 Å². The third-order valence-electron chi connectivity index (χ3n) is 6.71. The number of ether oxygens (including phenoxy) is 2. The van der Waals surface area contributed by atoms with E-state index in [1.165, 1.54) is 18.2 Å². The Morgan fingerprint density at radius 1 is 1.14 bits per heavy atom. The van der Waals surface area contributed by atoms with E-state index in [1.54, 1.807) is 11.0 Å². The Balaban J connectivity index is 1.36. The molecule has 2 aromatic rings. The van der Waals surface area contributed by atoms with Gasteiger partial charge in [0.1, 0.15) is 5.82 Å². The number of piperazine rings is 1. The maximum Gasteiger partial charge on any atom is 0.409 e. The first-order chi connectivity index (χ1) is 17.0. The number of Topliss-reactive ketones (excluding diaryl/α,β-unsaturated/α-hetero) is 1. The molecule has 0 radical (unpaired) electrons. The van der Waals surface area contributed by atoms with E-state index in [-0.39, 0.29) is 24.3 Å². The fourth-order valence-electron chi connectivity index (χ4n) is 4.68. The molecule has 188 valence electrons. The number of aliphatic hydroxyl groups excluding tert-OH is 1. The van der Waals surface area contributed by atoms with Crippen LogP contribution in [0, 0.1) is 0 Å². The van der Waals surface area contributed by atoms with Gasteiger partial charge in [-0.3, -0.25) is 4.79 Å². The number of aliphatic hydroxyl groups is 1. The topological polar surface area (TPSA) is 104 Å². The van der Waals surface area contributed by atoms with Crippen LogP contribution >= 0.6 is 0 Å². The number of rotatable bonds is 8. The summed E-state index contributed by atoms with van der Waals surface area (Å²) in [6.45, 7) is 5.27. The molecule has 1 amide bonds. The van der Waals surface area contributed by atoms with Crippen LogP contribution < -0.4 is 15.0 Å². The molecule has 9 heteroatoms. The molecule has 0 bridgehead atoms. The molecule has 0 spiro atoms. The maximum atomic E-state index is 13.0. The normalized spacial score (nSPS) is 18.5. The van der Waals surface area contributed by atoms with Crippen molar-refractivity contribution in [1.82, 2.24) is 15.2 Å². The second kappa shape index (κ2) is 11.5. The van der Waals surface area contributed by atoms with Crippen molar-refractivity contribution in [3.05, 3.63) is 53.1 Å². The standard InChI is InChI=1S/C26H34N4O5/c1-3-35-25-20(8-11-24(28-25)29-12-14-30(15-13-29)26(33)34-2)22(31)9-10-23(32)21-16-18-6-4-5-7-19(18)17-27-21/h4-8,11,21,23,27,32H,3,9-10,12-17H2,1-2H3/t21-,23+/m0/s1. The summed E-state index contributed by atoms with van der Waals surface area (Å²) in [6, 6.07) is 11.7. The van der Waals surface area contributed by atoms with Gasteiger partial charge in [0.2, 0.25) is 5.88 Å². The molecule has 9 nitrogen and oxygen atoms in total. The third-order valence-corrected chi connectivity index (χ3v) is 6.71. The quantitative estimate of drug-likeness (QED) is 0.553. The van der Waals surface area contributed by atoms with Crippen molar-refractivity contribution in [2.24, 2.45) is 0 Å². The number of amides is 1. The molecule has 0 unspecified atom stereocenters. The molecule has 1 aromatic carbocycles. The zero-order chi connectivity index (χ0) is 24.8. The number of ketones is 1. The van der Waals surface area contributed by atoms with Crippen LogP contribution in [0.4, 0.5) is 10.6 Å². The van der Waals surface area contributed by atoms with Gasteiger partial charge in [-0.05, 0) is 43.0 Å². The number of pyridine rings is 1. The lowest BCUT2D eigenvalue weighted by Gasteiger charge is -2.34. The predicted octanol–water partition coefficient (Wildman–Crippen LogP) is 2.41. The number of nitrogens with zero attached hydrogens (tertiary/aromatic N) is 3. The Morgan fingerprint density at radius 3 is 2.60 bits per heavy atom. The molecule has 2 atom stereocenters. The largest absolute Gasteiger partial charge is 0.477 e. The van der Waals surface area contributed by atoms with Gasteiger partial charge >= 0.3 is 6.09 Å². The fourth-order valence-corrected chi connectivity index (χ4v) is 4.68. The van der Waals surface area contributed by atoms with Gasteiger partial charge in [0.05, 0.1) is 25.4 Å². The zero-order valence-electron chi connectivity index (χ0n) is 20.4. The monoisotopic (exact) mass is 482 g/mol. The van der Waals surface area contributed by atoms with Gasteiger partial charge in [-0.15, -0.1) is 0 Å². The summed E-state index contributed by atoms with van der Waals surface area (Å²) in [5, 5.41) is 14.1. The summed E-state index contributed by atoms with van der Waals surface area (Å²) in [4.78, 5) is 33.1. The van der Waals surface area contributed by atoms with E-state index in [9.17, 15) is 14.7 Å². The third kappa shape index (κ3) is 5.91. The second-order valence-electron chi connectivity index (χ2n) is 8.89. The summed E-state index contributed by atoms with van der Waals surface area (Å²) in [5.41, 5.74) is 2.93. The van der Waals surface area contributed by atoms with E-state index in [0.29, 0.717) is 56.5 Å². The van der Waals surface area contributed by atoms with Gasteiger partial charge < -0.3 is 29.7 Å². The molecule has 2 N–H and O–H groups in total. The number of nitrogens with one attached hydrogen (secondary N) is 1. The Bertz CT molecular complexity index is 1040. The Labute approximate surface area is 206 Å². The number of aromatic nitrogens is 1. The number of carbonyl (C=O) groups is 2. The van der Waals surface area contributed by atoms with Crippen molar-refractivity contribution in [2.45, 2.75) is 44.9 Å². The van der Waals surface area contributed by atoms with Crippen LogP contribution in [0.2, 0.25) is 0 Å². The first-order valence-electron chi connectivity index (χ1n) is 12.2. The first kappa shape index (κ1) is 24.9. The van der Waals surface area contributed by atoms with E-state index < -0.39 is 6.10 Å². The zero-order valence-corrected chi connectivity index (χ0v) is 20.4. The summed E-state index contributed by atoms with van der Waals surface area (Å²) >= 11 is 0. The summed E-state index contributed by atoms with van der Waals surface area (Å²) < 4.78 is 10.5. The molecule has 0 saturated carbocycles. The van der Waals surface area contributed by atoms with E-state index in [2.05, 4.69) is 27.3 Å². The Morgan fingerprint density at radius 2 is 1.89 bits per heavy atom. The second-order valence-corrected chi connectivity index (χ2v) is 8.89. The summed E-state index contributed by atoms with van der Waals surface area (Å²) in [5.74, 6) is 0.919. The van der Waals surface area contributed by atoms with Crippen LogP contribution in [0.5, 0.6) is 5.88 Å². The number of hydrogen-bond donors (Lipinski definition) is 2. The number of anilines is 1. The predicted molar refractivity (Wildman–Crippen MR) is 132 cm³/mol. The number of carbonyl (C=O) groups excluding carboxylic acids is 2. The highest BCUT2D eigenvalue weighted by Gasteiger charge is 2.27. The van der Waals surface area contributed by atoms with Crippen molar-refractivity contribution in [2.75, 3.05) is 44.8 Å². The number of hydrogen-bond acceptors (Lipinski definition) is 8. The molecule has 1 fully saturated rings. The highest BCUT2D eigenvalue weighted by molar-refractivity contribution is 5.98. The highest BCUT2D eigenvalue weighted by atomic mass is 16.5.